The van der Waals surface area contributed by atoms with E-state index in [9.17, 15) is 13.2 Å². The molecule has 16 heavy (non-hydrogen) atoms. The molecule has 0 unspecified atom stereocenters. The normalized spacial score (nSPS) is 16.0. The van der Waals surface area contributed by atoms with Crippen LogP contribution in [0.25, 0.3) is 5.82 Å². The van der Waals surface area contributed by atoms with Gasteiger partial charge >= 0.3 is 6.18 Å². The van der Waals surface area contributed by atoms with E-state index in [1.54, 1.807) is 12.2 Å². The first kappa shape index (κ1) is 10.9. The summed E-state index contributed by atoms with van der Waals surface area (Å²) >= 11 is 5.59. The molecule has 0 fully saturated rings. The van der Waals surface area contributed by atoms with E-state index < -0.39 is 11.9 Å². The van der Waals surface area contributed by atoms with Crippen LogP contribution in [-0.2, 0) is 6.18 Å². The highest BCUT2D eigenvalue weighted by atomic mass is 35.5. The number of aromatic nitrogens is 2. The van der Waals surface area contributed by atoms with Gasteiger partial charge in [-0.2, -0.15) is 18.3 Å². The average Bonchev–Trinajstić information content (AvgIpc) is 2.65. The van der Waals surface area contributed by atoms with Crippen LogP contribution in [-0.4, -0.2) is 14.3 Å². The number of nitrogens with zero attached hydrogens (tertiary/aromatic N) is 3. The Bertz CT molecular complexity index is 448. The Labute approximate surface area is 93.7 Å². The van der Waals surface area contributed by atoms with Crippen molar-refractivity contribution in [2.24, 2.45) is 0 Å². The molecule has 0 saturated carbocycles. The molecule has 86 valence electrons. The highest BCUT2D eigenvalue weighted by Gasteiger charge is 2.33. The summed E-state index contributed by atoms with van der Waals surface area (Å²) in [4.78, 5) is 0. The first-order valence-electron chi connectivity index (χ1n) is 4.20. The second-order valence-electron chi connectivity index (χ2n) is 2.96. The number of alkyl halides is 3. The summed E-state index contributed by atoms with van der Waals surface area (Å²) in [6.45, 7) is 0. The molecular formula is C8H6ClF3N4. The summed E-state index contributed by atoms with van der Waals surface area (Å²) in [6, 6.07) is 0.888. The summed E-state index contributed by atoms with van der Waals surface area (Å²) in [5, 5.41) is 3.38. The molecule has 1 aliphatic rings. The van der Waals surface area contributed by atoms with E-state index in [0.717, 1.165) is 15.3 Å². The van der Waals surface area contributed by atoms with Crippen molar-refractivity contribution in [1.29, 1.82) is 0 Å². The monoisotopic (exact) mass is 250 g/mol. The molecule has 0 saturated heterocycles. The first-order valence-corrected chi connectivity index (χ1v) is 4.54. The average molecular weight is 251 g/mol. The molecule has 2 heterocycles. The van der Waals surface area contributed by atoms with Gasteiger partial charge in [-0.25, -0.2) is 9.21 Å². The molecule has 0 bridgehead atoms. The van der Waals surface area contributed by atoms with Gasteiger partial charge in [0.05, 0.1) is 0 Å². The predicted molar refractivity (Wildman–Crippen MR) is 51.5 cm³/mol. The number of hydrazine groups is 1. The third-order valence-corrected chi connectivity index (χ3v) is 2.02. The fourth-order valence-corrected chi connectivity index (χ4v) is 1.28. The van der Waals surface area contributed by atoms with Crippen molar-refractivity contribution >= 4 is 17.6 Å². The van der Waals surface area contributed by atoms with E-state index in [1.807, 2.05) is 0 Å². The topological polar surface area (TPSA) is 33.1 Å². The molecule has 0 radical (unpaired) electrons. The number of allylic oxidation sites excluding steroid dienone is 2. The fourth-order valence-electron chi connectivity index (χ4n) is 1.13. The molecule has 8 heteroatoms. The third kappa shape index (κ3) is 2.13. The third-order valence-electron chi connectivity index (χ3n) is 1.82. The zero-order valence-electron chi connectivity index (χ0n) is 7.74. The molecule has 0 spiro atoms. The minimum atomic E-state index is -4.45. The highest BCUT2D eigenvalue weighted by Crippen LogP contribution is 2.27. The second-order valence-corrected chi connectivity index (χ2v) is 3.32. The molecule has 1 N–H and O–H groups in total. The van der Waals surface area contributed by atoms with Crippen LogP contribution >= 0.6 is 11.8 Å². The second kappa shape index (κ2) is 3.75. The number of hydrogen-bond acceptors (Lipinski definition) is 3. The van der Waals surface area contributed by atoms with E-state index >= 15 is 0 Å². The van der Waals surface area contributed by atoms with Gasteiger partial charge in [0.1, 0.15) is 5.82 Å². The Balaban J connectivity index is 2.26. The largest absolute Gasteiger partial charge is 0.435 e. The van der Waals surface area contributed by atoms with Crippen LogP contribution in [0.15, 0.2) is 30.6 Å². The summed E-state index contributed by atoms with van der Waals surface area (Å²) in [5.74, 6) is 0.327. The maximum absolute atomic E-state index is 12.3. The van der Waals surface area contributed by atoms with Crippen molar-refractivity contribution < 1.29 is 13.2 Å². The lowest BCUT2D eigenvalue weighted by Gasteiger charge is -2.19. The fraction of sp³-hybridized carbons (Fsp3) is 0.125. The van der Waals surface area contributed by atoms with E-state index in [0.29, 0.717) is 5.82 Å². The number of rotatable bonds is 1. The molecule has 2 rings (SSSR count). The Hall–Kier alpha value is -1.63. The van der Waals surface area contributed by atoms with Gasteiger partial charge in [0.25, 0.3) is 0 Å². The molecule has 1 aromatic heterocycles. The first-order chi connectivity index (χ1) is 7.47. The molecule has 1 aliphatic heterocycles. The van der Waals surface area contributed by atoms with Gasteiger partial charge in [-0.3, -0.25) is 5.43 Å². The van der Waals surface area contributed by atoms with Gasteiger partial charge < -0.3 is 0 Å². The van der Waals surface area contributed by atoms with Crippen molar-refractivity contribution in [3.8, 4) is 0 Å². The highest BCUT2D eigenvalue weighted by molar-refractivity contribution is 6.14. The van der Waals surface area contributed by atoms with Gasteiger partial charge in [-0.15, -0.1) is 0 Å². The van der Waals surface area contributed by atoms with E-state index in [-0.39, 0.29) is 0 Å². The van der Waals surface area contributed by atoms with Crippen LogP contribution in [0.3, 0.4) is 0 Å². The van der Waals surface area contributed by atoms with Gasteiger partial charge in [0.2, 0.25) is 0 Å². The number of hydrogen-bond donors (Lipinski definition) is 1. The van der Waals surface area contributed by atoms with E-state index in [2.05, 4.69) is 10.5 Å². The van der Waals surface area contributed by atoms with Gasteiger partial charge in [-0.05, 0) is 18.2 Å². The summed E-state index contributed by atoms with van der Waals surface area (Å²) in [6.07, 6.45) is 1.38. The van der Waals surface area contributed by atoms with Crippen LogP contribution in [0.4, 0.5) is 13.2 Å². The smallest absolute Gasteiger partial charge is 0.267 e. The zero-order chi connectivity index (χ0) is 11.8. The molecule has 0 aliphatic carbocycles. The molecule has 0 aromatic carbocycles. The van der Waals surface area contributed by atoms with Crippen LogP contribution in [0.2, 0.25) is 0 Å². The Morgan fingerprint density at radius 1 is 1.38 bits per heavy atom. The zero-order valence-corrected chi connectivity index (χ0v) is 8.50. The standard InChI is InChI=1S/C8H6ClF3N4/c9-16-4-1-2-7(14-16)15-5-3-6(13-15)8(10,11)12/h1-5,14H. The van der Waals surface area contributed by atoms with Crippen molar-refractivity contribution in [3.05, 3.63) is 36.3 Å². The number of nitrogens with one attached hydrogen (secondary N) is 1. The Morgan fingerprint density at radius 3 is 2.69 bits per heavy atom. The molecule has 1 aromatic rings. The SMILES string of the molecule is FC(F)(F)c1ccn(C2=CC=CN(Cl)N2)n1. The lowest BCUT2D eigenvalue weighted by Crippen LogP contribution is -2.28. The minimum absolute atomic E-state index is 0.327. The molecule has 4 nitrogen and oxygen atoms in total. The van der Waals surface area contributed by atoms with Crippen LogP contribution in [0.1, 0.15) is 5.69 Å². The molecular weight excluding hydrogens is 245 g/mol. The lowest BCUT2D eigenvalue weighted by molar-refractivity contribution is -0.141. The predicted octanol–water partition coefficient (Wildman–Crippen LogP) is 2.19. The van der Waals surface area contributed by atoms with Gasteiger partial charge in [0.15, 0.2) is 5.69 Å². The van der Waals surface area contributed by atoms with Crippen LogP contribution < -0.4 is 5.43 Å². The Kier molecular flexibility index (Phi) is 2.55. The summed E-state index contributed by atoms with van der Waals surface area (Å²) in [5.41, 5.74) is 1.65. The number of halogens is 4. The van der Waals surface area contributed by atoms with E-state index in [4.69, 9.17) is 11.8 Å². The summed E-state index contributed by atoms with van der Waals surface area (Å²) < 4.78 is 39.0. The van der Waals surface area contributed by atoms with Crippen molar-refractivity contribution in [2.45, 2.75) is 6.18 Å². The maximum atomic E-state index is 12.3. The molecule has 0 amide bonds. The quantitative estimate of drug-likeness (QED) is 0.776. The van der Waals surface area contributed by atoms with Crippen LogP contribution in [0.5, 0.6) is 0 Å². The van der Waals surface area contributed by atoms with Gasteiger partial charge in [-0.1, -0.05) is 0 Å². The van der Waals surface area contributed by atoms with Crippen LogP contribution in [0, 0.1) is 0 Å². The van der Waals surface area contributed by atoms with Crippen molar-refractivity contribution in [1.82, 2.24) is 19.7 Å². The minimum Gasteiger partial charge on any atom is -0.267 e. The van der Waals surface area contributed by atoms with Gasteiger partial charge in [0, 0.05) is 24.2 Å². The summed E-state index contributed by atoms with van der Waals surface area (Å²) in [7, 11) is 0. The lowest BCUT2D eigenvalue weighted by atomic mass is 10.4. The van der Waals surface area contributed by atoms with E-state index in [1.165, 1.54) is 12.4 Å². The van der Waals surface area contributed by atoms with Crippen molar-refractivity contribution in [2.75, 3.05) is 0 Å². The maximum Gasteiger partial charge on any atom is 0.435 e. The molecule has 0 atom stereocenters. The Morgan fingerprint density at radius 2 is 2.12 bits per heavy atom. The van der Waals surface area contributed by atoms with Crippen molar-refractivity contribution in [3.63, 3.8) is 0 Å².